The van der Waals surface area contributed by atoms with Gasteiger partial charge in [0.15, 0.2) is 0 Å². The predicted molar refractivity (Wildman–Crippen MR) is 74.2 cm³/mol. The fourth-order valence-electron chi connectivity index (χ4n) is 2.67. The van der Waals surface area contributed by atoms with E-state index in [0.717, 1.165) is 19.5 Å². The first-order valence-electron chi connectivity index (χ1n) is 6.71. The third-order valence-corrected chi connectivity index (χ3v) is 3.55. The Balaban J connectivity index is 1.59. The van der Waals surface area contributed by atoms with E-state index in [-0.39, 0.29) is 0 Å². The lowest BCUT2D eigenvalue weighted by Crippen LogP contribution is -2.34. The first kappa shape index (κ1) is 12.2. The van der Waals surface area contributed by atoms with Crippen molar-refractivity contribution in [2.75, 3.05) is 20.2 Å². The normalized spacial score (nSPS) is 19.1. The highest BCUT2D eigenvalue weighted by molar-refractivity contribution is 5.11. The molecule has 3 rings (SSSR count). The highest BCUT2D eigenvalue weighted by atomic mass is 16.5. The molecule has 2 aromatic rings. The Bertz CT molecular complexity index is 523. The van der Waals surface area contributed by atoms with Crippen molar-refractivity contribution in [1.29, 1.82) is 0 Å². The number of likely N-dealkylation sites (N-methyl/N-ethyl adjacent to an activating group) is 1. The van der Waals surface area contributed by atoms with Crippen LogP contribution in [0.2, 0.25) is 0 Å². The van der Waals surface area contributed by atoms with Crippen LogP contribution in [0.15, 0.2) is 42.7 Å². The van der Waals surface area contributed by atoms with E-state index in [0.29, 0.717) is 18.5 Å². The summed E-state index contributed by atoms with van der Waals surface area (Å²) < 4.78 is 8.07. The largest absolute Gasteiger partial charge is 0.478 e. The summed E-state index contributed by atoms with van der Waals surface area (Å²) in [6.07, 6.45) is 4.93. The number of pyridine rings is 1. The molecule has 1 aliphatic heterocycles. The number of hydrogen-bond acceptors (Lipinski definition) is 3. The second-order valence-corrected chi connectivity index (χ2v) is 5.06. The van der Waals surface area contributed by atoms with Gasteiger partial charge in [0.25, 0.3) is 0 Å². The van der Waals surface area contributed by atoms with E-state index >= 15 is 0 Å². The van der Waals surface area contributed by atoms with Gasteiger partial charge in [0, 0.05) is 49.7 Å². The minimum Gasteiger partial charge on any atom is -0.478 e. The summed E-state index contributed by atoms with van der Waals surface area (Å²) in [6, 6.07) is 10.6. The molecule has 0 spiro atoms. The van der Waals surface area contributed by atoms with Crippen LogP contribution < -0.4 is 4.74 Å². The van der Waals surface area contributed by atoms with Crippen LogP contribution in [-0.4, -0.2) is 34.7 Å². The molecule has 0 saturated carbocycles. The van der Waals surface area contributed by atoms with Crippen molar-refractivity contribution >= 4 is 0 Å². The number of fused-ring (bicyclic) bond motifs is 1. The predicted octanol–water partition coefficient (Wildman–Crippen LogP) is 2.34. The molecule has 4 nitrogen and oxygen atoms in total. The Hall–Kier alpha value is -1.81. The molecule has 0 saturated heterocycles. The van der Waals surface area contributed by atoms with Crippen LogP contribution in [0.25, 0.3) is 0 Å². The summed E-state index contributed by atoms with van der Waals surface area (Å²) in [6.45, 7) is 2.81. The number of aromatic nitrogens is 2. The van der Waals surface area contributed by atoms with Crippen LogP contribution in [0.5, 0.6) is 5.88 Å². The number of ether oxygens (including phenoxy) is 1. The second-order valence-electron chi connectivity index (χ2n) is 5.06. The Morgan fingerprint density at radius 1 is 1.32 bits per heavy atom. The van der Waals surface area contributed by atoms with Crippen LogP contribution in [0, 0.1) is 0 Å². The minimum atomic E-state index is 0.493. The van der Waals surface area contributed by atoms with Crippen molar-refractivity contribution < 1.29 is 4.74 Å². The standard InChI is InChI=1S/C15H19N3O/c1-17-11-13-5-4-9-18(13)14(12-17)7-10-19-15-6-2-3-8-16-15/h2-6,8-9,14H,7,10-12H2,1H3. The maximum Gasteiger partial charge on any atom is 0.213 e. The SMILES string of the molecule is CN1Cc2cccn2C(CCOc2ccccn2)C1. The van der Waals surface area contributed by atoms with Gasteiger partial charge < -0.3 is 9.30 Å². The van der Waals surface area contributed by atoms with E-state index in [4.69, 9.17) is 4.74 Å². The molecule has 0 radical (unpaired) electrons. The zero-order valence-electron chi connectivity index (χ0n) is 11.2. The van der Waals surface area contributed by atoms with Crippen LogP contribution in [0.3, 0.4) is 0 Å². The van der Waals surface area contributed by atoms with Crippen LogP contribution >= 0.6 is 0 Å². The Morgan fingerprint density at radius 3 is 3.11 bits per heavy atom. The molecule has 0 aliphatic carbocycles. The summed E-state index contributed by atoms with van der Waals surface area (Å²) >= 11 is 0. The topological polar surface area (TPSA) is 30.3 Å². The first-order chi connectivity index (χ1) is 9.33. The fourth-order valence-corrected chi connectivity index (χ4v) is 2.67. The van der Waals surface area contributed by atoms with Crippen LogP contribution in [0.4, 0.5) is 0 Å². The molecule has 1 unspecified atom stereocenters. The summed E-state index contributed by atoms with van der Waals surface area (Å²) in [5.74, 6) is 0.708. The van der Waals surface area contributed by atoms with Gasteiger partial charge in [-0.2, -0.15) is 0 Å². The second kappa shape index (κ2) is 5.45. The maximum absolute atomic E-state index is 5.69. The average Bonchev–Trinajstić information content (AvgIpc) is 2.88. The molecule has 0 aromatic carbocycles. The molecule has 100 valence electrons. The van der Waals surface area contributed by atoms with Crippen molar-refractivity contribution in [3.05, 3.63) is 48.4 Å². The lowest BCUT2D eigenvalue weighted by Gasteiger charge is -2.32. The van der Waals surface area contributed by atoms with E-state index in [2.05, 4.69) is 39.8 Å². The summed E-state index contributed by atoms with van der Waals surface area (Å²) in [5, 5.41) is 0. The van der Waals surface area contributed by atoms with Crippen molar-refractivity contribution in [3.63, 3.8) is 0 Å². The van der Waals surface area contributed by atoms with Gasteiger partial charge in [-0.1, -0.05) is 6.07 Å². The average molecular weight is 257 g/mol. The Labute approximate surface area is 113 Å². The van der Waals surface area contributed by atoms with Gasteiger partial charge >= 0.3 is 0 Å². The van der Waals surface area contributed by atoms with Gasteiger partial charge in [-0.3, -0.25) is 4.90 Å². The van der Waals surface area contributed by atoms with Gasteiger partial charge in [0.1, 0.15) is 0 Å². The van der Waals surface area contributed by atoms with E-state index in [1.54, 1.807) is 6.20 Å². The van der Waals surface area contributed by atoms with E-state index < -0.39 is 0 Å². The van der Waals surface area contributed by atoms with Crippen molar-refractivity contribution in [2.45, 2.75) is 19.0 Å². The number of hydrogen-bond donors (Lipinski definition) is 0. The highest BCUT2D eigenvalue weighted by Gasteiger charge is 2.21. The van der Waals surface area contributed by atoms with Crippen LogP contribution in [-0.2, 0) is 6.54 Å². The molecule has 0 fully saturated rings. The summed E-state index contributed by atoms with van der Waals surface area (Å²) in [7, 11) is 2.17. The van der Waals surface area contributed by atoms with E-state index in [1.807, 2.05) is 18.2 Å². The molecule has 1 aliphatic rings. The van der Waals surface area contributed by atoms with Crippen LogP contribution in [0.1, 0.15) is 18.2 Å². The molecular weight excluding hydrogens is 238 g/mol. The third kappa shape index (κ3) is 2.79. The molecule has 0 amide bonds. The molecule has 0 bridgehead atoms. The van der Waals surface area contributed by atoms with Crippen molar-refractivity contribution in [2.24, 2.45) is 0 Å². The van der Waals surface area contributed by atoms with Gasteiger partial charge in [0.05, 0.1) is 6.61 Å². The van der Waals surface area contributed by atoms with E-state index in [9.17, 15) is 0 Å². The molecular formula is C15H19N3O. The molecule has 2 aromatic heterocycles. The quantitative estimate of drug-likeness (QED) is 0.842. The monoisotopic (exact) mass is 257 g/mol. The lowest BCUT2D eigenvalue weighted by atomic mass is 10.1. The summed E-state index contributed by atoms with van der Waals surface area (Å²) in [5.41, 5.74) is 1.39. The molecule has 3 heterocycles. The molecule has 19 heavy (non-hydrogen) atoms. The summed E-state index contributed by atoms with van der Waals surface area (Å²) in [4.78, 5) is 6.53. The minimum absolute atomic E-state index is 0.493. The molecule has 4 heteroatoms. The first-order valence-corrected chi connectivity index (χ1v) is 6.71. The zero-order valence-corrected chi connectivity index (χ0v) is 11.2. The molecule has 0 N–H and O–H groups in total. The van der Waals surface area contributed by atoms with Crippen molar-refractivity contribution in [1.82, 2.24) is 14.5 Å². The van der Waals surface area contributed by atoms with Gasteiger partial charge in [-0.05, 0) is 25.2 Å². The maximum atomic E-state index is 5.69. The van der Waals surface area contributed by atoms with Gasteiger partial charge in [0.2, 0.25) is 5.88 Å². The zero-order chi connectivity index (χ0) is 13.1. The lowest BCUT2D eigenvalue weighted by molar-refractivity contribution is 0.189. The Morgan fingerprint density at radius 2 is 2.26 bits per heavy atom. The highest BCUT2D eigenvalue weighted by Crippen LogP contribution is 2.23. The van der Waals surface area contributed by atoms with Gasteiger partial charge in [-0.15, -0.1) is 0 Å². The van der Waals surface area contributed by atoms with E-state index in [1.165, 1.54) is 5.69 Å². The molecule has 1 atom stereocenters. The Kier molecular flexibility index (Phi) is 3.51. The fraction of sp³-hybridized carbons (Fsp3) is 0.400. The number of nitrogens with zero attached hydrogens (tertiary/aromatic N) is 3. The van der Waals surface area contributed by atoms with Gasteiger partial charge in [-0.25, -0.2) is 4.98 Å². The smallest absolute Gasteiger partial charge is 0.213 e. The number of rotatable bonds is 4. The third-order valence-electron chi connectivity index (χ3n) is 3.55. The van der Waals surface area contributed by atoms with Crippen molar-refractivity contribution in [3.8, 4) is 5.88 Å².